The van der Waals surface area contributed by atoms with Gasteiger partial charge < -0.3 is 10.1 Å². The van der Waals surface area contributed by atoms with Crippen molar-refractivity contribution in [3.05, 3.63) is 63.6 Å². The lowest BCUT2D eigenvalue weighted by Gasteiger charge is -2.32. The van der Waals surface area contributed by atoms with E-state index in [0.717, 1.165) is 17.7 Å². The Bertz CT molecular complexity index is 1070. The summed E-state index contributed by atoms with van der Waals surface area (Å²) in [5.74, 6) is 0.290. The summed E-state index contributed by atoms with van der Waals surface area (Å²) in [4.78, 5) is 13.2. The van der Waals surface area contributed by atoms with Crippen molar-refractivity contribution in [1.82, 2.24) is 9.62 Å². The Morgan fingerprint density at radius 1 is 1.15 bits per heavy atom. The van der Waals surface area contributed by atoms with Gasteiger partial charge in [-0.05, 0) is 55.0 Å². The molecule has 0 aliphatic carbocycles. The Balaban J connectivity index is 1.71. The van der Waals surface area contributed by atoms with Crippen LogP contribution in [0, 0.1) is 11.8 Å². The van der Waals surface area contributed by atoms with E-state index in [0.29, 0.717) is 40.9 Å². The lowest BCUT2D eigenvalue weighted by molar-refractivity contribution is -0.127. The number of halogens is 2. The molecule has 6 nitrogen and oxygen atoms in total. The summed E-state index contributed by atoms with van der Waals surface area (Å²) in [5.41, 5.74) is 1.38. The topological polar surface area (TPSA) is 75.7 Å². The zero-order chi connectivity index (χ0) is 24.9. The predicted octanol–water partition coefficient (Wildman–Crippen LogP) is 5.45. The SMILES string of the molecule is COc1ccc([C@H](CC(C)C)NC(=O)[C@@H]2CCCN(S(=O)(=O)Cc3c(Cl)cccc3Cl)C2)cc1. The van der Waals surface area contributed by atoms with E-state index < -0.39 is 15.9 Å². The maximum Gasteiger partial charge on any atom is 0.224 e. The summed E-state index contributed by atoms with van der Waals surface area (Å²) in [6.07, 6.45) is 2.03. The first-order valence-corrected chi connectivity index (χ1v) is 13.8. The van der Waals surface area contributed by atoms with Gasteiger partial charge >= 0.3 is 0 Å². The van der Waals surface area contributed by atoms with Crippen molar-refractivity contribution in [2.24, 2.45) is 11.8 Å². The smallest absolute Gasteiger partial charge is 0.224 e. The predicted molar refractivity (Wildman–Crippen MR) is 137 cm³/mol. The molecular formula is C25H32Cl2N2O4S. The molecule has 0 spiro atoms. The van der Waals surface area contributed by atoms with Crippen molar-refractivity contribution >= 4 is 39.1 Å². The van der Waals surface area contributed by atoms with Crippen LogP contribution < -0.4 is 10.1 Å². The number of piperidine rings is 1. The number of nitrogens with zero attached hydrogens (tertiary/aromatic N) is 1. The van der Waals surface area contributed by atoms with Gasteiger partial charge in [-0.25, -0.2) is 12.7 Å². The van der Waals surface area contributed by atoms with Crippen LogP contribution in [0.15, 0.2) is 42.5 Å². The Hall–Kier alpha value is -1.80. The van der Waals surface area contributed by atoms with Gasteiger partial charge in [0.05, 0.1) is 24.8 Å². The average Bonchev–Trinajstić information content (AvgIpc) is 2.81. The molecule has 34 heavy (non-hydrogen) atoms. The molecule has 1 aliphatic heterocycles. The summed E-state index contributed by atoms with van der Waals surface area (Å²) in [5, 5.41) is 3.80. The molecule has 1 N–H and O–H groups in total. The third-order valence-corrected chi connectivity index (χ3v) is 8.56. The van der Waals surface area contributed by atoms with E-state index in [2.05, 4.69) is 19.2 Å². The zero-order valence-electron chi connectivity index (χ0n) is 19.8. The second-order valence-corrected chi connectivity index (χ2v) is 11.9. The quantitative estimate of drug-likeness (QED) is 0.471. The number of amides is 1. The number of ether oxygens (including phenoxy) is 1. The Kier molecular flexibility index (Phi) is 9.27. The van der Waals surface area contributed by atoms with E-state index in [1.54, 1.807) is 25.3 Å². The fourth-order valence-corrected chi connectivity index (χ4v) is 6.59. The molecule has 1 aliphatic rings. The summed E-state index contributed by atoms with van der Waals surface area (Å²) in [6, 6.07) is 12.4. The average molecular weight is 528 g/mol. The maximum absolute atomic E-state index is 13.2. The molecule has 1 saturated heterocycles. The van der Waals surface area contributed by atoms with Crippen LogP contribution in [0.5, 0.6) is 5.75 Å². The first-order chi connectivity index (χ1) is 16.1. The third-order valence-electron chi connectivity index (χ3n) is 6.08. The van der Waals surface area contributed by atoms with Crippen LogP contribution in [0.2, 0.25) is 10.0 Å². The molecular weight excluding hydrogens is 495 g/mol. The third kappa shape index (κ3) is 6.87. The highest BCUT2D eigenvalue weighted by Crippen LogP contribution is 2.30. The second-order valence-electron chi connectivity index (χ2n) is 9.12. The zero-order valence-corrected chi connectivity index (χ0v) is 22.1. The first-order valence-electron chi connectivity index (χ1n) is 11.5. The van der Waals surface area contributed by atoms with Gasteiger partial charge in [-0.3, -0.25) is 4.79 Å². The molecule has 2 aromatic carbocycles. The highest BCUT2D eigenvalue weighted by atomic mass is 35.5. The van der Waals surface area contributed by atoms with Crippen LogP contribution in [0.4, 0.5) is 0 Å². The molecule has 2 aromatic rings. The molecule has 0 radical (unpaired) electrons. The standard InChI is InChI=1S/C25H32Cl2N2O4S/c1-17(2)14-24(18-9-11-20(33-3)12-10-18)28-25(30)19-6-5-13-29(15-19)34(31,32)16-21-22(26)7-4-8-23(21)27/h4,7-12,17,19,24H,5-6,13-16H2,1-3H3,(H,28,30)/t19-,24+/m1/s1. The number of benzene rings is 2. The maximum atomic E-state index is 13.2. The Morgan fingerprint density at radius 3 is 2.38 bits per heavy atom. The molecule has 186 valence electrons. The van der Waals surface area contributed by atoms with E-state index in [1.807, 2.05) is 24.3 Å². The lowest BCUT2D eigenvalue weighted by Crippen LogP contribution is -2.46. The number of rotatable bonds is 9. The van der Waals surface area contributed by atoms with Crippen LogP contribution in [0.1, 0.15) is 50.3 Å². The minimum absolute atomic E-state index is 0.128. The van der Waals surface area contributed by atoms with Crippen LogP contribution >= 0.6 is 23.2 Å². The summed E-state index contributed by atoms with van der Waals surface area (Å²) in [6.45, 7) is 4.74. The van der Waals surface area contributed by atoms with Crippen LogP contribution in [-0.4, -0.2) is 38.8 Å². The van der Waals surface area contributed by atoms with Crippen molar-refractivity contribution in [1.29, 1.82) is 0 Å². The van der Waals surface area contributed by atoms with Crippen molar-refractivity contribution in [3.63, 3.8) is 0 Å². The molecule has 0 unspecified atom stereocenters. The van der Waals surface area contributed by atoms with Gasteiger partial charge in [-0.2, -0.15) is 0 Å². The molecule has 0 bridgehead atoms. The van der Waals surface area contributed by atoms with Crippen LogP contribution in [-0.2, 0) is 20.6 Å². The highest BCUT2D eigenvalue weighted by Gasteiger charge is 2.34. The number of hydrogen-bond acceptors (Lipinski definition) is 4. The van der Waals surface area contributed by atoms with Crippen LogP contribution in [0.3, 0.4) is 0 Å². The van der Waals surface area contributed by atoms with E-state index in [-0.39, 0.29) is 24.2 Å². The van der Waals surface area contributed by atoms with Gasteiger partial charge in [0.2, 0.25) is 15.9 Å². The van der Waals surface area contributed by atoms with Gasteiger partial charge in [0, 0.05) is 28.7 Å². The molecule has 0 aromatic heterocycles. The number of carbonyl (C=O) groups excluding carboxylic acids is 1. The van der Waals surface area contributed by atoms with E-state index in [9.17, 15) is 13.2 Å². The number of nitrogens with one attached hydrogen (secondary N) is 1. The molecule has 0 saturated carbocycles. The van der Waals surface area contributed by atoms with Gasteiger partial charge in [-0.15, -0.1) is 0 Å². The largest absolute Gasteiger partial charge is 0.497 e. The highest BCUT2D eigenvalue weighted by molar-refractivity contribution is 7.88. The number of carbonyl (C=O) groups is 1. The van der Waals surface area contributed by atoms with Gasteiger partial charge in [-0.1, -0.05) is 55.2 Å². The van der Waals surface area contributed by atoms with Crippen molar-refractivity contribution in [3.8, 4) is 5.75 Å². The van der Waals surface area contributed by atoms with Crippen LogP contribution in [0.25, 0.3) is 0 Å². The lowest BCUT2D eigenvalue weighted by atomic mass is 9.94. The molecule has 1 fully saturated rings. The summed E-state index contributed by atoms with van der Waals surface area (Å²) in [7, 11) is -2.07. The van der Waals surface area contributed by atoms with E-state index in [1.165, 1.54) is 4.31 Å². The van der Waals surface area contributed by atoms with Crippen molar-refractivity contribution in [2.45, 2.75) is 44.9 Å². The van der Waals surface area contributed by atoms with E-state index >= 15 is 0 Å². The van der Waals surface area contributed by atoms with Gasteiger partial charge in [0.1, 0.15) is 5.75 Å². The number of sulfonamides is 1. The number of hydrogen-bond donors (Lipinski definition) is 1. The molecule has 9 heteroatoms. The second kappa shape index (κ2) is 11.8. The first kappa shape index (κ1) is 26.8. The minimum Gasteiger partial charge on any atom is -0.497 e. The molecule has 2 atom stereocenters. The Morgan fingerprint density at radius 2 is 1.79 bits per heavy atom. The Labute approximate surface area is 212 Å². The fraction of sp³-hybridized carbons (Fsp3) is 0.480. The summed E-state index contributed by atoms with van der Waals surface area (Å²) >= 11 is 12.4. The molecule has 1 amide bonds. The van der Waals surface area contributed by atoms with E-state index in [4.69, 9.17) is 27.9 Å². The monoisotopic (exact) mass is 526 g/mol. The molecule has 1 heterocycles. The number of methoxy groups -OCH3 is 1. The normalized spacial score (nSPS) is 18.0. The molecule has 3 rings (SSSR count). The van der Waals surface area contributed by atoms with Crippen molar-refractivity contribution < 1.29 is 17.9 Å². The fourth-order valence-electron chi connectivity index (χ4n) is 4.23. The van der Waals surface area contributed by atoms with Gasteiger partial charge in [0.25, 0.3) is 0 Å². The van der Waals surface area contributed by atoms with Crippen molar-refractivity contribution in [2.75, 3.05) is 20.2 Å². The summed E-state index contributed by atoms with van der Waals surface area (Å²) < 4.78 is 32.9. The minimum atomic E-state index is -3.68. The van der Waals surface area contributed by atoms with Gasteiger partial charge in [0.15, 0.2) is 0 Å².